The molecule has 0 fully saturated rings. The van der Waals surface area contributed by atoms with Crippen molar-refractivity contribution in [2.75, 3.05) is 20.3 Å². The number of hydrogen-bond donors (Lipinski definition) is 0. The van der Waals surface area contributed by atoms with Crippen LogP contribution in [0.3, 0.4) is 0 Å². The van der Waals surface area contributed by atoms with Crippen molar-refractivity contribution in [3.63, 3.8) is 0 Å². The van der Waals surface area contributed by atoms with Gasteiger partial charge in [-0.3, -0.25) is 4.57 Å². The fraction of sp³-hybridized carbons (Fsp3) is 0.300. The van der Waals surface area contributed by atoms with Crippen molar-refractivity contribution in [1.29, 1.82) is 0 Å². The van der Waals surface area contributed by atoms with Crippen LogP contribution in [0.4, 0.5) is 0 Å². The predicted molar refractivity (Wildman–Crippen MR) is 110 cm³/mol. The topological polar surface area (TPSA) is 44.8 Å². The third-order valence-corrected chi connectivity index (χ3v) is 6.63. The highest BCUT2D eigenvalue weighted by Gasteiger charge is 2.22. The maximum Gasteiger partial charge on any atom is 0.355 e. The number of ether oxygens (including phenoxy) is 1. The quantitative estimate of drug-likeness (QED) is 0.451. The van der Waals surface area contributed by atoms with Crippen molar-refractivity contribution >= 4 is 24.3 Å². The van der Waals surface area contributed by atoms with Crippen molar-refractivity contribution in [2.24, 2.45) is 0 Å². The normalized spacial score (nSPS) is 12.2. The Labute approximate surface area is 160 Å². The lowest BCUT2D eigenvalue weighted by Gasteiger charge is -2.16. The smallest absolute Gasteiger partial charge is 0.355 e. The molecule has 2 rings (SSSR count). The fourth-order valence-corrected chi connectivity index (χ4v) is 5.18. The van der Waals surface area contributed by atoms with Gasteiger partial charge in [-0.1, -0.05) is 42.5 Å². The number of methoxy groups -OCH3 is 1. The number of thioether (sulfide) groups is 1. The minimum Gasteiger partial charge on any atom is -0.497 e. The average molecular weight is 392 g/mol. The molecule has 0 saturated carbocycles. The highest BCUT2D eigenvalue weighted by molar-refractivity contribution is 8.07. The van der Waals surface area contributed by atoms with Gasteiger partial charge in [0.05, 0.1) is 20.3 Å². The largest absolute Gasteiger partial charge is 0.497 e. The maximum absolute atomic E-state index is 13.0. The van der Waals surface area contributed by atoms with E-state index >= 15 is 0 Å². The van der Waals surface area contributed by atoms with Crippen LogP contribution >= 0.6 is 19.4 Å². The van der Waals surface area contributed by atoms with Crippen molar-refractivity contribution in [1.82, 2.24) is 0 Å². The molecular formula is C20H25O4PS. The highest BCUT2D eigenvalue weighted by atomic mass is 32.2. The Hall–Kier alpha value is -1.52. The van der Waals surface area contributed by atoms with Gasteiger partial charge in [0.2, 0.25) is 0 Å². The Balaban J connectivity index is 2.32. The second-order valence-corrected chi connectivity index (χ2v) is 8.24. The Morgan fingerprint density at radius 3 is 2.15 bits per heavy atom. The maximum atomic E-state index is 13.0. The Morgan fingerprint density at radius 1 is 1.00 bits per heavy atom. The standard InChI is InChI=1S/C20H25O4PS/c1-4-23-25(21,24-5-2)15-20(18-11-13-19(22-3)14-12-18)26-16-17-9-7-6-8-10-17/h6-15H,4-5,16H2,1-3H3/b20-15+. The van der Waals surface area contributed by atoms with Gasteiger partial charge in [-0.2, -0.15) is 0 Å². The molecule has 4 nitrogen and oxygen atoms in total. The molecule has 0 bridgehead atoms. The number of hydrogen-bond acceptors (Lipinski definition) is 5. The van der Waals surface area contributed by atoms with Crippen LogP contribution in [0.15, 0.2) is 60.4 Å². The second-order valence-electron chi connectivity index (χ2n) is 5.37. The lowest BCUT2D eigenvalue weighted by atomic mass is 10.2. The molecule has 0 amide bonds. The molecule has 0 aliphatic rings. The Morgan fingerprint density at radius 2 is 1.62 bits per heavy atom. The van der Waals surface area contributed by atoms with Crippen LogP contribution < -0.4 is 4.74 Å². The number of benzene rings is 2. The summed E-state index contributed by atoms with van der Waals surface area (Å²) in [5, 5.41) is 0. The van der Waals surface area contributed by atoms with Gasteiger partial charge in [-0.05, 0) is 37.1 Å². The molecule has 0 aliphatic heterocycles. The van der Waals surface area contributed by atoms with Crippen LogP contribution in [0.1, 0.15) is 25.0 Å². The molecule has 0 radical (unpaired) electrons. The Kier molecular flexibility index (Phi) is 8.46. The van der Waals surface area contributed by atoms with Crippen LogP contribution in [-0.4, -0.2) is 20.3 Å². The molecule has 2 aromatic carbocycles. The van der Waals surface area contributed by atoms with Crippen LogP contribution in [0.5, 0.6) is 5.75 Å². The molecule has 0 aromatic heterocycles. The minimum atomic E-state index is -3.30. The third kappa shape index (κ3) is 6.33. The highest BCUT2D eigenvalue weighted by Crippen LogP contribution is 2.53. The van der Waals surface area contributed by atoms with Gasteiger partial charge < -0.3 is 13.8 Å². The molecule has 0 atom stereocenters. The molecule has 0 saturated heterocycles. The molecule has 0 N–H and O–H groups in total. The summed E-state index contributed by atoms with van der Waals surface area (Å²) in [4.78, 5) is 0.863. The summed E-state index contributed by atoms with van der Waals surface area (Å²) in [5.74, 6) is 3.17. The summed E-state index contributed by atoms with van der Waals surface area (Å²) in [6.07, 6.45) is 0. The summed E-state index contributed by atoms with van der Waals surface area (Å²) in [6, 6.07) is 17.8. The monoisotopic (exact) mass is 392 g/mol. The zero-order chi connectivity index (χ0) is 18.8. The van der Waals surface area contributed by atoms with E-state index in [1.165, 1.54) is 5.56 Å². The summed E-state index contributed by atoms with van der Waals surface area (Å²) >= 11 is 1.61. The first-order chi connectivity index (χ1) is 12.6. The Bertz CT molecular complexity index is 734. The molecule has 2 aromatic rings. The zero-order valence-corrected chi connectivity index (χ0v) is 17.1. The van der Waals surface area contributed by atoms with E-state index in [0.717, 1.165) is 22.0 Å². The second kappa shape index (κ2) is 10.6. The van der Waals surface area contributed by atoms with Crippen molar-refractivity contribution in [3.8, 4) is 5.75 Å². The zero-order valence-electron chi connectivity index (χ0n) is 15.4. The summed E-state index contributed by atoms with van der Waals surface area (Å²) in [7, 11) is -1.66. The van der Waals surface area contributed by atoms with Gasteiger partial charge >= 0.3 is 7.60 Å². The van der Waals surface area contributed by atoms with Gasteiger partial charge in [0.15, 0.2) is 0 Å². The summed E-state index contributed by atoms with van der Waals surface area (Å²) < 4.78 is 29.1. The van der Waals surface area contributed by atoms with Gasteiger partial charge in [0.1, 0.15) is 5.75 Å². The van der Waals surface area contributed by atoms with E-state index in [4.69, 9.17) is 13.8 Å². The fourth-order valence-electron chi connectivity index (χ4n) is 2.30. The van der Waals surface area contributed by atoms with Crippen LogP contribution in [0.2, 0.25) is 0 Å². The van der Waals surface area contributed by atoms with E-state index in [2.05, 4.69) is 12.1 Å². The molecule has 0 heterocycles. The number of rotatable bonds is 10. The molecule has 0 unspecified atom stereocenters. The molecular weight excluding hydrogens is 367 g/mol. The third-order valence-electron chi connectivity index (χ3n) is 3.51. The molecule has 6 heteroatoms. The lowest BCUT2D eigenvalue weighted by Crippen LogP contribution is -1.94. The minimum absolute atomic E-state index is 0.326. The summed E-state index contributed by atoms with van der Waals surface area (Å²) in [5.41, 5.74) is 2.14. The first-order valence-electron chi connectivity index (χ1n) is 8.53. The van der Waals surface area contributed by atoms with Crippen LogP contribution in [0, 0.1) is 0 Å². The average Bonchev–Trinajstić information content (AvgIpc) is 2.66. The van der Waals surface area contributed by atoms with Gasteiger partial charge in [0.25, 0.3) is 0 Å². The molecule has 0 aliphatic carbocycles. The van der Waals surface area contributed by atoms with Gasteiger partial charge in [-0.25, -0.2) is 0 Å². The van der Waals surface area contributed by atoms with E-state index in [0.29, 0.717) is 13.2 Å². The van der Waals surface area contributed by atoms with Crippen molar-refractivity contribution in [3.05, 3.63) is 71.5 Å². The molecule has 26 heavy (non-hydrogen) atoms. The predicted octanol–water partition coefficient (Wildman–Crippen LogP) is 6.19. The SMILES string of the molecule is CCOP(=O)(/C=C(/SCc1ccccc1)c1ccc(OC)cc1)OCC. The molecule has 140 valence electrons. The summed E-state index contributed by atoms with van der Waals surface area (Å²) in [6.45, 7) is 4.27. The van der Waals surface area contributed by atoms with Crippen LogP contribution in [0.25, 0.3) is 4.91 Å². The van der Waals surface area contributed by atoms with Gasteiger partial charge in [-0.15, -0.1) is 11.8 Å². The van der Waals surface area contributed by atoms with E-state index in [9.17, 15) is 4.57 Å². The lowest BCUT2D eigenvalue weighted by molar-refractivity contribution is 0.229. The van der Waals surface area contributed by atoms with E-state index in [1.807, 2.05) is 56.3 Å². The van der Waals surface area contributed by atoms with Crippen molar-refractivity contribution < 1.29 is 18.3 Å². The first kappa shape index (κ1) is 20.8. The van der Waals surface area contributed by atoms with E-state index in [-0.39, 0.29) is 0 Å². The molecule has 0 spiro atoms. The first-order valence-corrected chi connectivity index (χ1v) is 11.1. The van der Waals surface area contributed by atoms with Gasteiger partial charge in [0, 0.05) is 16.5 Å². The van der Waals surface area contributed by atoms with Crippen LogP contribution in [-0.2, 0) is 19.4 Å². The van der Waals surface area contributed by atoms with E-state index < -0.39 is 7.60 Å². The van der Waals surface area contributed by atoms with E-state index in [1.54, 1.807) is 24.7 Å². The van der Waals surface area contributed by atoms with Crippen molar-refractivity contribution in [2.45, 2.75) is 19.6 Å².